The van der Waals surface area contributed by atoms with Crippen LogP contribution in [0.1, 0.15) is 11.1 Å². The van der Waals surface area contributed by atoms with Gasteiger partial charge in [0.05, 0.1) is 21.6 Å². The molecule has 0 bridgehead atoms. The molecule has 9 heteroatoms. The van der Waals surface area contributed by atoms with Gasteiger partial charge in [0.2, 0.25) is 10.0 Å². The molecular weight excluding hydrogens is 371 g/mol. The van der Waals surface area contributed by atoms with Crippen molar-refractivity contribution in [3.8, 4) is 6.07 Å². The normalized spacial score (nSPS) is 10.9. The van der Waals surface area contributed by atoms with Crippen molar-refractivity contribution < 1.29 is 22.3 Å². The number of carbonyl (C=O) groups is 1. The number of esters is 1. The maximum absolute atomic E-state index is 13.5. The van der Waals surface area contributed by atoms with Crippen LogP contribution in [0.5, 0.6) is 0 Å². The van der Waals surface area contributed by atoms with Gasteiger partial charge in [-0.2, -0.15) is 9.98 Å². The maximum atomic E-state index is 13.5. The summed E-state index contributed by atoms with van der Waals surface area (Å²) in [5.74, 6) is -1.52. The van der Waals surface area contributed by atoms with Gasteiger partial charge in [0.15, 0.2) is 0 Å². The molecule has 2 aromatic rings. The Bertz CT molecular complexity index is 904. The van der Waals surface area contributed by atoms with Gasteiger partial charge in [-0.05, 0) is 36.4 Å². The standard InChI is InChI=1S/C16H12ClFN2O4S/c17-14-2-1-3-15(18)13(14)10-24-16(21)9-20-25(22,23)12-6-4-11(8-19)5-7-12/h1-7,20H,9-10H2. The fourth-order valence-electron chi connectivity index (χ4n) is 1.82. The van der Waals surface area contributed by atoms with Gasteiger partial charge in [0.25, 0.3) is 0 Å². The van der Waals surface area contributed by atoms with E-state index >= 15 is 0 Å². The van der Waals surface area contributed by atoms with Crippen LogP contribution in [0.25, 0.3) is 0 Å². The zero-order chi connectivity index (χ0) is 18.4. The summed E-state index contributed by atoms with van der Waals surface area (Å²) in [6, 6.07) is 11.1. The van der Waals surface area contributed by atoms with E-state index in [0.29, 0.717) is 5.56 Å². The fourth-order valence-corrected chi connectivity index (χ4v) is 3.01. The van der Waals surface area contributed by atoms with E-state index in [1.165, 1.54) is 42.5 Å². The summed E-state index contributed by atoms with van der Waals surface area (Å²) in [7, 11) is -3.94. The molecule has 2 aromatic carbocycles. The quantitative estimate of drug-likeness (QED) is 0.774. The molecule has 0 heterocycles. The van der Waals surface area contributed by atoms with Crippen molar-refractivity contribution in [2.24, 2.45) is 0 Å². The molecule has 0 radical (unpaired) electrons. The molecule has 0 aromatic heterocycles. The first kappa shape index (κ1) is 18.9. The molecule has 0 fully saturated rings. The Morgan fingerprint density at radius 1 is 1.24 bits per heavy atom. The number of sulfonamides is 1. The number of nitriles is 1. The third-order valence-electron chi connectivity index (χ3n) is 3.14. The first-order chi connectivity index (χ1) is 11.8. The zero-order valence-corrected chi connectivity index (χ0v) is 14.3. The second kappa shape index (κ2) is 8.07. The lowest BCUT2D eigenvalue weighted by Crippen LogP contribution is -2.30. The van der Waals surface area contributed by atoms with Crippen LogP contribution in [-0.2, 0) is 26.2 Å². The number of nitrogens with zero attached hydrogens (tertiary/aromatic N) is 1. The molecule has 0 amide bonds. The van der Waals surface area contributed by atoms with E-state index in [-0.39, 0.29) is 15.5 Å². The van der Waals surface area contributed by atoms with E-state index in [1.807, 2.05) is 6.07 Å². The Kier molecular flexibility index (Phi) is 6.09. The molecule has 0 spiro atoms. The van der Waals surface area contributed by atoms with Crippen LogP contribution in [0.4, 0.5) is 4.39 Å². The van der Waals surface area contributed by atoms with E-state index in [1.54, 1.807) is 0 Å². The highest BCUT2D eigenvalue weighted by molar-refractivity contribution is 7.89. The molecule has 0 saturated heterocycles. The molecule has 0 aliphatic carbocycles. The zero-order valence-electron chi connectivity index (χ0n) is 12.7. The van der Waals surface area contributed by atoms with Gasteiger partial charge in [-0.3, -0.25) is 4.79 Å². The van der Waals surface area contributed by atoms with Crippen LogP contribution in [0.15, 0.2) is 47.4 Å². The van der Waals surface area contributed by atoms with Gasteiger partial charge in [-0.15, -0.1) is 0 Å². The van der Waals surface area contributed by atoms with Crippen molar-refractivity contribution in [3.63, 3.8) is 0 Å². The largest absolute Gasteiger partial charge is 0.460 e. The minimum absolute atomic E-state index is 0.00691. The van der Waals surface area contributed by atoms with Crippen molar-refractivity contribution in [3.05, 3.63) is 64.4 Å². The van der Waals surface area contributed by atoms with Crippen LogP contribution >= 0.6 is 11.6 Å². The Hall–Kier alpha value is -2.47. The van der Waals surface area contributed by atoms with Gasteiger partial charge >= 0.3 is 5.97 Å². The van der Waals surface area contributed by atoms with Crippen LogP contribution in [-0.4, -0.2) is 20.9 Å². The van der Waals surface area contributed by atoms with Crippen LogP contribution in [0.2, 0.25) is 5.02 Å². The topological polar surface area (TPSA) is 96.3 Å². The highest BCUT2D eigenvalue weighted by Crippen LogP contribution is 2.19. The second-order valence-corrected chi connectivity index (χ2v) is 7.00. The van der Waals surface area contributed by atoms with Crippen molar-refractivity contribution in [1.82, 2.24) is 4.72 Å². The molecule has 2 rings (SSSR count). The lowest BCUT2D eigenvalue weighted by atomic mass is 10.2. The second-order valence-electron chi connectivity index (χ2n) is 4.82. The summed E-state index contributed by atoms with van der Waals surface area (Å²) in [6.45, 7) is -1.04. The highest BCUT2D eigenvalue weighted by atomic mass is 35.5. The van der Waals surface area contributed by atoms with Gasteiger partial charge in [-0.1, -0.05) is 17.7 Å². The summed E-state index contributed by atoms with van der Waals surface area (Å²) in [6.07, 6.45) is 0. The number of carbonyl (C=O) groups excluding carboxylic acids is 1. The van der Waals surface area contributed by atoms with Gasteiger partial charge in [0, 0.05) is 5.56 Å². The molecule has 25 heavy (non-hydrogen) atoms. The number of halogens is 2. The molecule has 0 aliphatic rings. The SMILES string of the molecule is N#Cc1ccc(S(=O)(=O)NCC(=O)OCc2c(F)cccc2Cl)cc1. The Labute approximate surface area is 148 Å². The number of hydrogen-bond donors (Lipinski definition) is 1. The minimum atomic E-state index is -3.94. The average molecular weight is 383 g/mol. The number of benzene rings is 2. The maximum Gasteiger partial charge on any atom is 0.321 e. The molecule has 0 aliphatic heterocycles. The Balaban J connectivity index is 1.93. The number of nitrogens with one attached hydrogen (secondary N) is 1. The number of rotatable bonds is 6. The average Bonchev–Trinajstić information content (AvgIpc) is 2.59. The van der Waals surface area contributed by atoms with E-state index in [9.17, 15) is 17.6 Å². The van der Waals surface area contributed by atoms with E-state index in [0.717, 1.165) is 0 Å². The van der Waals surface area contributed by atoms with Crippen LogP contribution in [0, 0.1) is 17.1 Å². The van der Waals surface area contributed by atoms with Crippen LogP contribution in [0.3, 0.4) is 0 Å². The van der Waals surface area contributed by atoms with Gasteiger partial charge in [0.1, 0.15) is 19.0 Å². The summed E-state index contributed by atoms with van der Waals surface area (Å²) < 4.78 is 44.5. The Morgan fingerprint density at radius 3 is 2.52 bits per heavy atom. The van der Waals surface area contributed by atoms with Crippen molar-refractivity contribution in [2.75, 3.05) is 6.54 Å². The number of hydrogen-bond acceptors (Lipinski definition) is 5. The molecular formula is C16H12ClFN2O4S. The smallest absolute Gasteiger partial charge is 0.321 e. The Morgan fingerprint density at radius 2 is 1.92 bits per heavy atom. The molecule has 130 valence electrons. The molecule has 0 unspecified atom stereocenters. The minimum Gasteiger partial charge on any atom is -0.460 e. The monoisotopic (exact) mass is 382 g/mol. The lowest BCUT2D eigenvalue weighted by Gasteiger charge is -2.09. The summed E-state index contributed by atoms with van der Waals surface area (Å²) in [4.78, 5) is 11.6. The molecule has 0 atom stereocenters. The van der Waals surface area contributed by atoms with Crippen molar-refractivity contribution in [1.29, 1.82) is 5.26 Å². The van der Waals surface area contributed by atoms with Crippen molar-refractivity contribution in [2.45, 2.75) is 11.5 Å². The third kappa shape index (κ3) is 5.00. The first-order valence-corrected chi connectivity index (χ1v) is 8.78. The van der Waals surface area contributed by atoms with E-state index in [4.69, 9.17) is 21.6 Å². The predicted octanol–water partition coefficient (Wildman–Crippen LogP) is 2.37. The third-order valence-corrected chi connectivity index (χ3v) is 4.91. The molecule has 6 nitrogen and oxygen atoms in total. The molecule has 1 N–H and O–H groups in total. The summed E-state index contributed by atoms with van der Waals surface area (Å²) in [5, 5.41) is 8.79. The predicted molar refractivity (Wildman–Crippen MR) is 87.6 cm³/mol. The lowest BCUT2D eigenvalue weighted by molar-refractivity contribution is -0.143. The highest BCUT2D eigenvalue weighted by Gasteiger charge is 2.17. The first-order valence-electron chi connectivity index (χ1n) is 6.92. The van der Waals surface area contributed by atoms with Crippen LogP contribution < -0.4 is 4.72 Å². The van der Waals surface area contributed by atoms with E-state index < -0.39 is 35.0 Å². The number of ether oxygens (including phenoxy) is 1. The summed E-state index contributed by atoms with van der Waals surface area (Å²) >= 11 is 5.80. The summed E-state index contributed by atoms with van der Waals surface area (Å²) in [5.41, 5.74) is 0.313. The fraction of sp³-hybridized carbons (Fsp3) is 0.125. The van der Waals surface area contributed by atoms with Gasteiger partial charge < -0.3 is 4.74 Å². The van der Waals surface area contributed by atoms with Crippen molar-refractivity contribution >= 4 is 27.6 Å². The van der Waals surface area contributed by atoms with E-state index in [2.05, 4.69) is 4.72 Å². The van der Waals surface area contributed by atoms with Gasteiger partial charge in [-0.25, -0.2) is 12.8 Å². The molecule has 0 saturated carbocycles.